The summed E-state index contributed by atoms with van der Waals surface area (Å²) >= 11 is 3.09. The first-order chi connectivity index (χ1) is 11.1. The number of benzene rings is 1. The van der Waals surface area contributed by atoms with E-state index in [0.717, 1.165) is 26.9 Å². The van der Waals surface area contributed by atoms with Crippen molar-refractivity contribution in [2.45, 2.75) is 11.4 Å². The molecule has 2 atom stereocenters. The maximum atomic E-state index is 11.0. The second kappa shape index (κ2) is 6.77. The number of hydrogen-bond donors (Lipinski definition) is 2. The number of ether oxygens (including phenoxy) is 2. The Balaban J connectivity index is 1.84. The molecule has 0 aliphatic carbocycles. The second-order valence-electron chi connectivity index (χ2n) is 4.90. The molecule has 1 fully saturated rings. The largest absolute Gasteiger partial charge is 0.497 e. The number of carboxylic acids is 1. The van der Waals surface area contributed by atoms with Gasteiger partial charge in [0.2, 0.25) is 0 Å². The first kappa shape index (κ1) is 16.1. The van der Waals surface area contributed by atoms with E-state index in [2.05, 4.69) is 10.3 Å². The predicted molar refractivity (Wildman–Crippen MR) is 90.4 cm³/mol. The summed E-state index contributed by atoms with van der Waals surface area (Å²) in [5, 5.41) is 12.9. The molecule has 1 aromatic carbocycles. The minimum Gasteiger partial charge on any atom is -0.497 e. The van der Waals surface area contributed by atoms with E-state index in [9.17, 15) is 4.79 Å². The summed E-state index contributed by atoms with van der Waals surface area (Å²) in [5.74, 6) is 1.16. The third-order valence-electron chi connectivity index (χ3n) is 3.50. The van der Waals surface area contributed by atoms with Gasteiger partial charge < -0.3 is 14.6 Å². The summed E-state index contributed by atoms with van der Waals surface area (Å²) in [6, 6.07) is 5.12. The molecule has 6 nitrogen and oxygen atoms in total. The van der Waals surface area contributed by atoms with Crippen molar-refractivity contribution in [2.24, 2.45) is 0 Å². The molecule has 2 unspecified atom stereocenters. The first-order valence-electron chi connectivity index (χ1n) is 6.91. The van der Waals surface area contributed by atoms with Gasteiger partial charge in [-0.1, -0.05) is 0 Å². The number of nitrogens with one attached hydrogen (secondary N) is 1. The molecule has 3 rings (SSSR count). The molecular formula is C15H16N2O4S2. The minimum absolute atomic E-state index is 0.0842. The van der Waals surface area contributed by atoms with E-state index in [-0.39, 0.29) is 5.37 Å². The van der Waals surface area contributed by atoms with Crippen LogP contribution in [0.5, 0.6) is 11.5 Å². The number of thiazole rings is 1. The van der Waals surface area contributed by atoms with Gasteiger partial charge in [0.1, 0.15) is 27.9 Å². The topological polar surface area (TPSA) is 80.7 Å². The quantitative estimate of drug-likeness (QED) is 0.856. The number of aromatic nitrogens is 1. The molecular weight excluding hydrogens is 336 g/mol. The maximum Gasteiger partial charge on any atom is 0.321 e. The van der Waals surface area contributed by atoms with E-state index in [1.807, 2.05) is 18.2 Å². The zero-order chi connectivity index (χ0) is 16.4. The lowest BCUT2D eigenvalue weighted by molar-refractivity contribution is -0.138. The molecule has 1 aliphatic heterocycles. The molecule has 1 saturated heterocycles. The summed E-state index contributed by atoms with van der Waals surface area (Å²) in [5.41, 5.74) is 0.940. The third-order valence-corrected chi connectivity index (χ3v) is 5.97. The third kappa shape index (κ3) is 3.29. The Morgan fingerprint density at radius 2 is 2.22 bits per heavy atom. The summed E-state index contributed by atoms with van der Waals surface area (Å²) in [6.45, 7) is 0. The van der Waals surface area contributed by atoms with Crippen LogP contribution in [0.2, 0.25) is 0 Å². The zero-order valence-electron chi connectivity index (χ0n) is 12.6. The highest BCUT2D eigenvalue weighted by molar-refractivity contribution is 7.99. The standard InChI is InChI=1S/C15H16N2O4S2/c1-20-8-3-4-9(11(5-8)21-2)12-6-16-13(23-12)14-17-10(7-22-14)15(18)19/h3-6,10,14,17H,7H2,1-2H3,(H,18,19). The Morgan fingerprint density at radius 1 is 1.39 bits per heavy atom. The average Bonchev–Trinajstić information content (AvgIpc) is 3.23. The lowest BCUT2D eigenvalue weighted by Crippen LogP contribution is -2.33. The highest BCUT2D eigenvalue weighted by atomic mass is 32.2. The molecule has 0 radical (unpaired) electrons. The van der Waals surface area contributed by atoms with Crippen LogP contribution in [0.4, 0.5) is 0 Å². The first-order valence-corrected chi connectivity index (χ1v) is 8.77. The molecule has 0 amide bonds. The van der Waals surface area contributed by atoms with Gasteiger partial charge in [-0.05, 0) is 12.1 Å². The number of aliphatic carboxylic acids is 1. The van der Waals surface area contributed by atoms with Crippen molar-refractivity contribution in [3.8, 4) is 21.9 Å². The highest BCUT2D eigenvalue weighted by Crippen LogP contribution is 2.40. The fraction of sp³-hybridized carbons (Fsp3) is 0.333. The van der Waals surface area contributed by atoms with Crippen LogP contribution < -0.4 is 14.8 Å². The Kier molecular flexibility index (Phi) is 4.74. The van der Waals surface area contributed by atoms with Crippen LogP contribution in [0.3, 0.4) is 0 Å². The smallest absolute Gasteiger partial charge is 0.321 e. The van der Waals surface area contributed by atoms with Crippen molar-refractivity contribution in [1.29, 1.82) is 0 Å². The number of nitrogens with zero attached hydrogens (tertiary/aromatic N) is 1. The van der Waals surface area contributed by atoms with Gasteiger partial charge in [0.05, 0.1) is 19.1 Å². The zero-order valence-corrected chi connectivity index (χ0v) is 14.2. The van der Waals surface area contributed by atoms with Crippen molar-refractivity contribution in [3.63, 3.8) is 0 Å². The fourth-order valence-corrected chi connectivity index (χ4v) is 4.62. The van der Waals surface area contributed by atoms with Gasteiger partial charge in [-0.25, -0.2) is 4.98 Å². The van der Waals surface area contributed by atoms with Crippen molar-refractivity contribution < 1.29 is 19.4 Å². The fourth-order valence-electron chi connectivity index (χ4n) is 2.29. The van der Waals surface area contributed by atoms with Crippen molar-refractivity contribution in [2.75, 3.05) is 20.0 Å². The van der Waals surface area contributed by atoms with E-state index in [1.165, 1.54) is 11.3 Å². The van der Waals surface area contributed by atoms with Crippen LogP contribution >= 0.6 is 23.1 Å². The molecule has 0 saturated carbocycles. The molecule has 0 spiro atoms. The van der Waals surface area contributed by atoms with Crippen LogP contribution in [0.25, 0.3) is 10.4 Å². The Labute approximate surface area is 141 Å². The Hall–Kier alpha value is -1.77. The summed E-state index contributed by atoms with van der Waals surface area (Å²) in [4.78, 5) is 16.4. The maximum absolute atomic E-state index is 11.0. The van der Waals surface area contributed by atoms with Crippen LogP contribution in [0, 0.1) is 0 Å². The molecule has 2 aromatic rings. The Bertz CT molecular complexity index is 719. The average molecular weight is 352 g/mol. The number of thioether (sulfide) groups is 1. The van der Waals surface area contributed by atoms with Crippen LogP contribution in [0.15, 0.2) is 24.4 Å². The molecule has 1 aromatic heterocycles. The monoisotopic (exact) mass is 352 g/mol. The SMILES string of the molecule is COc1ccc(-c2cnc(C3NC(C(=O)O)CS3)s2)c(OC)c1. The highest BCUT2D eigenvalue weighted by Gasteiger charge is 2.32. The lowest BCUT2D eigenvalue weighted by Gasteiger charge is -2.09. The number of methoxy groups -OCH3 is 2. The minimum atomic E-state index is -0.825. The van der Waals surface area contributed by atoms with Gasteiger partial charge in [-0.2, -0.15) is 0 Å². The van der Waals surface area contributed by atoms with Crippen LogP contribution in [-0.2, 0) is 4.79 Å². The molecule has 0 bridgehead atoms. The Morgan fingerprint density at radius 3 is 2.87 bits per heavy atom. The molecule has 122 valence electrons. The van der Waals surface area contributed by atoms with Gasteiger partial charge in [0.25, 0.3) is 0 Å². The van der Waals surface area contributed by atoms with Crippen LogP contribution in [0.1, 0.15) is 10.4 Å². The van der Waals surface area contributed by atoms with Gasteiger partial charge in [-0.15, -0.1) is 23.1 Å². The summed E-state index contributed by atoms with van der Waals surface area (Å²) in [6.07, 6.45) is 1.79. The molecule has 23 heavy (non-hydrogen) atoms. The van der Waals surface area contributed by atoms with Gasteiger partial charge in [-0.3, -0.25) is 10.1 Å². The lowest BCUT2D eigenvalue weighted by atomic mass is 10.1. The van der Waals surface area contributed by atoms with E-state index >= 15 is 0 Å². The molecule has 2 heterocycles. The van der Waals surface area contributed by atoms with Crippen molar-refractivity contribution in [1.82, 2.24) is 10.3 Å². The van der Waals surface area contributed by atoms with Crippen molar-refractivity contribution in [3.05, 3.63) is 29.4 Å². The number of rotatable bonds is 5. The van der Waals surface area contributed by atoms with E-state index in [4.69, 9.17) is 14.6 Å². The number of hydrogen-bond acceptors (Lipinski definition) is 7. The number of carboxylic acid groups (broad SMARTS) is 1. The van der Waals surface area contributed by atoms with E-state index in [0.29, 0.717) is 5.75 Å². The summed E-state index contributed by atoms with van der Waals surface area (Å²) in [7, 11) is 3.23. The van der Waals surface area contributed by atoms with E-state index < -0.39 is 12.0 Å². The van der Waals surface area contributed by atoms with Gasteiger partial charge >= 0.3 is 5.97 Å². The predicted octanol–water partition coefficient (Wildman–Crippen LogP) is 2.62. The normalized spacial score (nSPS) is 20.4. The summed E-state index contributed by atoms with van der Waals surface area (Å²) < 4.78 is 10.6. The van der Waals surface area contributed by atoms with Gasteiger partial charge in [0.15, 0.2) is 0 Å². The second-order valence-corrected chi connectivity index (χ2v) is 7.10. The van der Waals surface area contributed by atoms with Crippen molar-refractivity contribution >= 4 is 29.1 Å². The van der Waals surface area contributed by atoms with E-state index in [1.54, 1.807) is 32.2 Å². The van der Waals surface area contributed by atoms with Crippen LogP contribution in [-0.4, -0.2) is 42.1 Å². The number of carbonyl (C=O) groups is 1. The van der Waals surface area contributed by atoms with Gasteiger partial charge in [0, 0.05) is 23.6 Å². The molecule has 8 heteroatoms. The molecule has 2 N–H and O–H groups in total. The molecule has 1 aliphatic rings.